The van der Waals surface area contributed by atoms with E-state index in [9.17, 15) is 23.8 Å². The second-order valence-electron chi connectivity index (χ2n) is 11.3. The van der Waals surface area contributed by atoms with Crippen LogP contribution in [0.3, 0.4) is 0 Å². The van der Waals surface area contributed by atoms with Crippen LogP contribution >= 0.6 is 7.82 Å². The van der Waals surface area contributed by atoms with Crippen LogP contribution in [0.2, 0.25) is 0 Å². The molecule has 0 aliphatic heterocycles. The van der Waals surface area contributed by atoms with E-state index in [1.807, 2.05) is 0 Å². The number of ether oxygens (including phenoxy) is 2. The van der Waals surface area contributed by atoms with Gasteiger partial charge in [0.1, 0.15) is 12.6 Å². The highest BCUT2D eigenvalue weighted by Crippen LogP contribution is 2.43. The van der Waals surface area contributed by atoms with Crippen LogP contribution in [-0.4, -0.2) is 59.9 Å². The van der Waals surface area contributed by atoms with Crippen molar-refractivity contribution in [1.29, 1.82) is 0 Å². The molecule has 0 aliphatic carbocycles. The number of allylic oxidation sites excluding steroid dienone is 4. The Morgan fingerprint density at radius 1 is 0.667 bits per heavy atom. The Morgan fingerprint density at radius 2 is 1.16 bits per heavy atom. The van der Waals surface area contributed by atoms with E-state index in [2.05, 4.69) is 42.7 Å². The number of carboxylic acids is 1. The molecule has 0 spiro atoms. The molecule has 0 aromatic heterocycles. The fourth-order valence-corrected chi connectivity index (χ4v) is 4.94. The summed E-state index contributed by atoms with van der Waals surface area (Å²) in [4.78, 5) is 45.5. The monoisotopic (exact) mass is 661 g/mol. The van der Waals surface area contributed by atoms with Crippen molar-refractivity contribution in [3.05, 3.63) is 24.3 Å². The summed E-state index contributed by atoms with van der Waals surface area (Å²) in [7, 11) is -4.70. The molecule has 0 aliphatic rings. The molecule has 45 heavy (non-hydrogen) atoms. The van der Waals surface area contributed by atoms with Crippen molar-refractivity contribution in [3.8, 4) is 0 Å². The third kappa shape index (κ3) is 29.1. The first-order chi connectivity index (χ1) is 21.6. The molecule has 12 heteroatoms. The predicted octanol–water partition coefficient (Wildman–Crippen LogP) is 7.55. The lowest BCUT2D eigenvalue weighted by Gasteiger charge is -2.20. The summed E-state index contributed by atoms with van der Waals surface area (Å²) >= 11 is 0. The molecule has 0 heterocycles. The summed E-state index contributed by atoms with van der Waals surface area (Å²) < 4.78 is 32.4. The lowest BCUT2D eigenvalue weighted by Crippen LogP contribution is -2.34. The molecule has 0 bridgehead atoms. The number of carboxylic acid groups (broad SMARTS) is 1. The minimum atomic E-state index is -4.70. The van der Waals surface area contributed by atoms with Gasteiger partial charge in [-0.3, -0.25) is 23.4 Å². The molecule has 0 saturated heterocycles. The van der Waals surface area contributed by atoms with Crippen LogP contribution in [0.25, 0.3) is 0 Å². The van der Waals surface area contributed by atoms with Crippen molar-refractivity contribution in [1.82, 2.24) is 0 Å². The number of phosphoric ester groups is 1. The van der Waals surface area contributed by atoms with E-state index < -0.39 is 51.1 Å². The quantitative estimate of drug-likeness (QED) is 0.0290. The molecule has 0 radical (unpaired) electrons. The second-order valence-corrected chi connectivity index (χ2v) is 12.7. The van der Waals surface area contributed by atoms with E-state index in [4.69, 9.17) is 24.8 Å². The Kier molecular flexibility index (Phi) is 28.0. The van der Waals surface area contributed by atoms with Crippen LogP contribution in [0.5, 0.6) is 0 Å². The van der Waals surface area contributed by atoms with Crippen LogP contribution in [0.1, 0.15) is 136 Å². The Hall–Kier alpha value is -2.04. The van der Waals surface area contributed by atoms with Gasteiger partial charge in [0.15, 0.2) is 6.10 Å². The Bertz CT molecular complexity index is 880. The van der Waals surface area contributed by atoms with Gasteiger partial charge in [0, 0.05) is 12.8 Å². The number of nitrogens with two attached hydrogens (primary N) is 1. The summed E-state index contributed by atoms with van der Waals surface area (Å²) in [5.74, 6) is -2.41. The van der Waals surface area contributed by atoms with Gasteiger partial charge in [0.25, 0.3) is 0 Å². The van der Waals surface area contributed by atoms with Gasteiger partial charge < -0.3 is 25.2 Å². The Balaban J connectivity index is 4.54. The molecule has 0 aromatic carbocycles. The minimum absolute atomic E-state index is 0.149. The van der Waals surface area contributed by atoms with E-state index in [0.29, 0.717) is 12.8 Å². The number of unbranched alkanes of at least 4 members (excludes halogenated alkanes) is 13. The predicted molar refractivity (Wildman–Crippen MR) is 176 cm³/mol. The molecule has 0 saturated carbocycles. The van der Waals surface area contributed by atoms with Gasteiger partial charge in [-0.25, -0.2) is 4.57 Å². The van der Waals surface area contributed by atoms with Crippen molar-refractivity contribution in [3.63, 3.8) is 0 Å². The topological polar surface area (TPSA) is 172 Å². The number of carbonyl (C=O) groups excluding carboxylic acids is 2. The first kappa shape index (κ1) is 43.0. The summed E-state index contributed by atoms with van der Waals surface area (Å²) in [6.07, 6.45) is 25.5. The molecule has 0 amide bonds. The second kappa shape index (κ2) is 29.4. The van der Waals surface area contributed by atoms with Gasteiger partial charge in [0.2, 0.25) is 0 Å². The summed E-state index contributed by atoms with van der Waals surface area (Å²) in [6.45, 7) is 2.63. The fourth-order valence-electron chi connectivity index (χ4n) is 4.16. The van der Waals surface area contributed by atoms with Gasteiger partial charge in [-0.15, -0.1) is 0 Å². The van der Waals surface area contributed by atoms with E-state index in [-0.39, 0.29) is 19.4 Å². The molecule has 3 atom stereocenters. The summed E-state index contributed by atoms with van der Waals surface area (Å²) in [5, 5.41) is 8.82. The molecule has 0 aromatic rings. The number of aliphatic carboxylic acids is 1. The molecular formula is C33H60NO10P. The van der Waals surface area contributed by atoms with Gasteiger partial charge in [0.05, 0.1) is 13.2 Å². The highest BCUT2D eigenvalue weighted by atomic mass is 31.2. The summed E-state index contributed by atoms with van der Waals surface area (Å²) in [5.41, 5.74) is 5.29. The molecule has 0 rings (SSSR count). The zero-order valence-corrected chi connectivity index (χ0v) is 28.6. The number of rotatable bonds is 31. The first-order valence-corrected chi connectivity index (χ1v) is 18.4. The standard InChI is InChI=1S/C33H60NO10P/c1-3-5-7-9-11-13-15-17-19-21-23-25-32(36)44-29(27-42-45(39,40)43-28-30(34)33(37)38)26-41-31(35)24-22-20-18-16-14-12-10-8-6-4-2/h8-11,29-30H,3-7,12-28,34H2,1-2H3,(H,37,38)(H,39,40)/b10-8-,11-9-. The number of hydrogen-bond donors (Lipinski definition) is 3. The van der Waals surface area contributed by atoms with Crippen LogP contribution in [0.4, 0.5) is 0 Å². The van der Waals surface area contributed by atoms with Gasteiger partial charge in [-0.05, 0) is 51.4 Å². The maximum atomic E-state index is 12.5. The van der Waals surface area contributed by atoms with E-state index in [1.54, 1.807) is 0 Å². The maximum absolute atomic E-state index is 12.5. The van der Waals surface area contributed by atoms with Crippen molar-refractivity contribution in [2.75, 3.05) is 19.8 Å². The van der Waals surface area contributed by atoms with E-state index in [0.717, 1.165) is 83.5 Å². The lowest BCUT2D eigenvalue weighted by atomic mass is 10.1. The maximum Gasteiger partial charge on any atom is 0.472 e. The zero-order chi connectivity index (χ0) is 33.6. The number of carbonyl (C=O) groups is 3. The molecular weight excluding hydrogens is 601 g/mol. The average molecular weight is 662 g/mol. The molecule has 0 fully saturated rings. The highest BCUT2D eigenvalue weighted by molar-refractivity contribution is 7.47. The van der Waals surface area contributed by atoms with Crippen LogP contribution in [-0.2, 0) is 37.5 Å². The number of hydrogen-bond acceptors (Lipinski definition) is 9. The minimum Gasteiger partial charge on any atom is -0.480 e. The van der Waals surface area contributed by atoms with Crippen LogP contribution in [0, 0.1) is 0 Å². The van der Waals surface area contributed by atoms with Crippen molar-refractivity contribution in [2.24, 2.45) is 5.73 Å². The van der Waals surface area contributed by atoms with Crippen molar-refractivity contribution >= 4 is 25.7 Å². The average Bonchev–Trinajstić information content (AvgIpc) is 3.00. The smallest absolute Gasteiger partial charge is 0.472 e. The number of esters is 2. The third-order valence-electron chi connectivity index (χ3n) is 6.90. The SMILES string of the molecule is CCC/C=C\CCCCCCCC(=O)OCC(COP(=O)(O)OCC(N)C(=O)O)OC(=O)CCCCCCC/C=C\CCCC. The zero-order valence-electron chi connectivity index (χ0n) is 27.7. The normalized spacial score (nSPS) is 14.4. The van der Waals surface area contributed by atoms with E-state index >= 15 is 0 Å². The molecule has 11 nitrogen and oxygen atoms in total. The third-order valence-corrected chi connectivity index (χ3v) is 7.85. The van der Waals surface area contributed by atoms with Gasteiger partial charge in [-0.1, -0.05) is 95.9 Å². The largest absolute Gasteiger partial charge is 0.480 e. The molecule has 3 unspecified atom stereocenters. The van der Waals surface area contributed by atoms with Crippen molar-refractivity contribution in [2.45, 2.75) is 148 Å². The molecule has 4 N–H and O–H groups in total. The lowest BCUT2D eigenvalue weighted by molar-refractivity contribution is -0.161. The first-order valence-electron chi connectivity index (χ1n) is 16.9. The Labute approximate surface area is 270 Å². The fraction of sp³-hybridized carbons (Fsp3) is 0.788. The Morgan fingerprint density at radius 3 is 1.71 bits per heavy atom. The van der Waals surface area contributed by atoms with Crippen LogP contribution < -0.4 is 5.73 Å². The van der Waals surface area contributed by atoms with Crippen molar-refractivity contribution < 1.29 is 47.5 Å². The van der Waals surface area contributed by atoms with Gasteiger partial charge in [-0.2, -0.15) is 0 Å². The van der Waals surface area contributed by atoms with E-state index in [1.165, 1.54) is 12.8 Å². The summed E-state index contributed by atoms with van der Waals surface area (Å²) in [6, 6.07) is -1.52. The van der Waals surface area contributed by atoms with Gasteiger partial charge >= 0.3 is 25.7 Å². The van der Waals surface area contributed by atoms with Crippen LogP contribution in [0.15, 0.2) is 24.3 Å². The molecule has 262 valence electrons. The highest BCUT2D eigenvalue weighted by Gasteiger charge is 2.28. The number of phosphoric acid groups is 1.